The molecular formula is C38H28N4. The summed E-state index contributed by atoms with van der Waals surface area (Å²) in [5.41, 5.74) is 10.8. The molecule has 0 unspecified atom stereocenters. The lowest BCUT2D eigenvalue weighted by atomic mass is 9.74. The molecule has 0 fully saturated rings. The number of anilines is 3. The maximum atomic E-state index is 5.09. The van der Waals surface area contributed by atoms with Gasteiger partial charge < -0.3 is 0 Å². The molecule has 200 valence electrons. The molecule has 4 heterocycles. The highest BCUT2D eigenvalue weighted by molar-refractivity contribution is 6.03. The molecule has 1 aliphatic rings. The lowest BCUT2D eigenvalue weighted by Gasteiger charge is -2.41. The van der Waals surface area contributed by atoms with Gasteiger partial charge in [-0.25, -0.2) is 9.97 Å². The van der Waals surface area contributed by atoms with Crippen LogP contribution in [0.3, 0.4) is 0 Å². The topological polar surface area (TPSA) is 41.9 Å². The van der Waals surface area contributed by atoms with Crippen molar-refractivity contribution < 1.29 is 0 Å². The van der Waals surface area contributed by atoms with Gasteiger partial charge in [0.25, 0.3) is 0 Å². The van der Waals surface area contributed by atoms with Gasteiger partial charge in [0.2, 0.25) is 0 Å². The van der Waals surface area contributed by atoms with E-state index in [1.807, 2.05) is 24.5 Å². The Bertz CT molecular complexity index is 2130. The van der Waals surface area contributed by atoms with Crippen molar-refractivity contribution >= 4 is 39.0 Å². The van der Waals surface area contributed by atoms with Crippen LogP contribution < -0.4 is 4.90 Å². The van der Waals surface area contributed by atoms with E-state index >= 15 is 0 Å². The standard InChI is InChI=1S/C38H28N4/c1-38(2)31-14-8-22-40-37(31)42(30-12-4-3-5-13-30)34-20-18-28(24-32(34)38)27-9-6-10-29(23-27)33-19-17-26-16-15-25-11-7-21-39-35(25)36(26)41-33/h3-24H,1-2H3. The molecule has 1 aliphatic heterocycles. The molecule has 0 bridgehead atoms. The zero-order chi connectivity index (χ0) is 28.3. The minimum atomic E-state index is -0.216. The zero-order valence-corrected chi connectivity index (χ0v) is 23.5. The van der Waals surface area contributed by atoms with Gasteiger partial charge in [-0.1, -0.05) is 86.6 Å². The minimum Gasteiger partial charge on any atom is -0.294 e. The Hall–Kier alpha value is -5.35. The summed E-state index contributed by atoms with van der Waals surface area (Å²) in [4.78, 5) is 16.9. The van der Waals surface area contributed by atoms with Crippen LogP contribution in [-0.4, -0.2) is 15.0 Å². The molecule has 0 N–H and O–H groups in total. The second-order valence-corrected chi connectivity index (χ2v) is 11.4. The molecule has 4 heteroatoms. The maximum absolute atomic E-state index is 5.09. The van der Waals surface area contributed by atoms with Crippen molar-refractivity contribution in [2.24, 2.45) is 0 Å². The zero-order valence-electron chi connectivity index (χ0n) is 23.5. The van der Waals surface area contributed by atoms with Gasteiger partial charge in [-0.2, -0.15) is 0 Å². The summed E-state index contributed by atoms with van der Waals surface area (Å²) in [5.74, 6) is 0.986. The van der Waals surface area contributed by atoms with Crippen molar-refractivity contribution in [3.05, 3.63) is 145 Å². The van der Waals surface area contributed by atoms with Crippen LogP contribution in [0.5, 0.6) is 0 Å². The van der Waals surface area contributed by atoms with Gasteiger partial charge in [0.1, 0.15) is 5.82 Å². The van der Waals surface area contributed by atoms with Crippen molar-refractivity contribution in [3.8, 4) is 22.4 Å². The summed E-state index contributed by atoms with van der Waals surface area (Å²) in [7, 11) is 0. The number of hydrogen-bond acceptors (Lipinski definition) is 4. The van der Waals surface area contributed by atoms with Gasteiger partial charge in [-0.05, 0) is 65.2 Å². The third-order valence-electron chi connectivity index (χ3n) is 8.52. The van der Waals surface area contributed by atoms with Crippen LogP contribution in [0.4, 0.5) is 17.2 Å². The highest BCUT2D eigenvalue weighted by atomic mass is 15.2. The fourth-order valence-electron chi connectivity index (χ4n) is 6.31. The smallest absolute Gasteiger partial charge is 0.141 e. The summed E-state index contributed by atoms with van der Waals surface area (Å²) >= 11 is 0. The third kappa shape index (κ3) is 3.80. The fraction of sp³-hybridized carbons (Fsp3) is 0.0789. The van der Waals surface area contributed by atoms with E-state index in [2.05, 4.69) is 133 Å². The third-order valence-corrected chi connectivity index (χ3v) is 8.52. The number of hydrogen-bond donors (Lipinski definition) is 0. The molecule has 3 aromatic heterocycles. The van der Waals surface area contributed by atoms with Crippen molar-refractivity contribution in [1.82, 2.24) is 15.0 Å². The summed E-state index contributed by atoms with van der Waals surface area (Å²) < 4.78 is 0. The first kappa shape index (κ1) is 24.4. The van der Waals surface area contributed by atoms with Crippen LogP contribution in [0.25, 0.3) is 44.2 Å². The number of nitrogens with zero attached hydrogens (tertiary/aromatic N) is 4. The Balaban J connectivity index is 1.25. The summed E-state index contributed by atoms with van der Waals surface area (Å²) in [5, 5.41) is 2.19. The summed E-state index contributed by atoms with van der Waals surface area (Å²) in [6, 6.07) is 42.8. The summed E-state index contributed by atoms with van der Waals surface area (Å²) in [6.07, 6.45) is 3.72. The molecule has 4 nitrogen and oxygen atoms in total. The minimum absolute atomic E-state index is 0.216. The van der Waals surface area contributed by atoms with Crippen molar-refractivity contribution in [3.63, 3.8) is 0 Å². The van der Waals surface area contributed by atoms with E-state index in [-0.39, 0.29) is 5.41 Å². The van der Waals surface area contributed by atoms with Crippen molar-refractivity contribution in [1.29, 1.82) is 0 Å². The summed E-state index contributed by atoms with van der Waals surface area (Å²) in [6.45, 7) is 4.60. The van der Waals surface area contributed by atoms with Crippen LogP contribution in [0.15, 0.2) is 134 Å². The normalized spacial score (nSPS) is 13.6. The molecule has 0 spiro atoms. The monoisotopic (exact) mass is 540 g/mol. The second-order valence-electron chi connectivity index (χ2n) is 11.4. The predicted molar refractivity (Wildman–Crippen MR) is 173 cm³/mol. The van der Waals surface area contributed by atoms with E-state index in [0.717, 1.165) is 55.8 Å². The number of fused-ring (bicyclic) bond motifs is 5. The first-order valence-corrected chi connectivity index (χ1v) is 14.3. The molecule has 42 heavy (non-hydrogen) atoms. The fourth-order valence-corrected chi connectivity index (χ4v) is 6.31. The maximum Gasteiger partial charge on any atom is 0.141 e. The van der Waals surface area contributed by atoms with Crippen LogP contribution in [0, 0.1) is 0 Å². The van der Waals surface area contributed by atoms with Gasteiger partial charge in [0.05, 0.1) is 22.4 Å². The Labute approximate surface area is 245 Å². The Morgan fingerprint density at radius 3 is 2.17 bits per heavy atom. The van der Waals surface area contributed by atoms with Crippen LogP contribution >= 0.6 is 0 Å². The number of para-hydroxylation sites is 1. The molecule has 0 radical (unpaired) electrons. The molecule has 0 atom stereocenters. The van der Waals surface area contributed by atoms with Crippen LogP contribution in [0.2, 0.25) is 0 Å². The Kier molecular flexibility index (Phi) is 5.44. The number of aromatic nitrogens is 3. The van der Waals surface area contributed by atoms with E-state index in [1.165, 1.54) is 16.7 Å². The van der Waals surface area contributed by atoms with E-state index < -0.39 is 0 Å². The molecular weight excluding hydrogens is 512 g/mol. The average Bonchev–Trinajstić information content (AvgIpc) is 3.05. The van der Waals surface area contributed by atoms with Gasteiger partial charge in [0, 0.05) is 45.4 Å². The van der Waals surface area contributed by atoms with E-state index in [1.54, 1.807) is 0 Å². The number of rotatable bonds is 3. The quantitative estimate of drug-likeness (QED) is 0.209. The number of benzene rings is 4. The first-order valence-electron chi connectivity index (χ1n) is 14.3. The molecule has 8 rings (SSSR count). The van der Waals surface area contributed by atoms with Gasteiger partial charge in [0.15, 0.2) is 0 Å². The Morgan fingerprint density at radius 2 is 1.29 bits per heavy atom. The molecule has 0 amide bonds. The molecule has 0 saturated heterocycles. The predicted octanol–water partition coefficient (Wildman–Crippen LogP) is 9.62. The van der Waals surface area contributed by atoms with Crippen LogP contribution in [-0.2, 0) is 5.41 Å². The lowest BCUT2D eigenvalue weighted by molar-refractivity contribution is 0.627. The molecule has 0 aliphatic carbocycles. The lowest BCUT2D eigenvalue weighted by Crippen LogP contribution is -2.31. The molecule has 0 saturated carbocycles. The highest BCUT2D eigenvalue weighted by Gasteiger charge is 2.37. The van der Waals surface area contributed by atoms with Crippen LogP contribution in [0.1, 0.15) is 25.0 Å². The van der Waals surface area contributed by atoms with Crippen molar-refractivity contribution in [2.75, 3.05) is 4.90 Å². The SMILES string of the molecule is CC1(C)c2cc(-c3cccc(-c4ccc5ccc6cccnc6c5n4)c3)ccc2N(c2ccccc2)c2ncccc21. The average molecular weight is 541 g/mol. The first-order chi connectivity index (χ1) is 20.6. The highest BCUT2D eigenvalue weighted by Crippen LogP contribution is 2.51. The van der Waals surface area contributed by atoms with E-state index in [0.29, 0.717) is 0 Å². The number of pyridine rings is 3. The molecule has 7 aromatic rings. The van der Waals surface area contributed by atoms with Gasteiger partial charge in [-0.15, -0.1) is 0 Å². The largest absolute Gasteiger partial charge is 0.294 e. The Morgan fingerprint density at radius 1 is 0.548 bits per heavy atom. The second kappa shape index (κ2) is 9.35. The van der Waals surface area contributed by atoms with Gasteiger partial charge >= 0.3 is 0 Å². The molecule has 4 aromatic carbocycles. The van der Waals surface area contributed by atoms with Crippen molar-refractivity contribution in [2.45, 2.75) is 19.3 Å². The van der Waals surface area contributed by atoms with Gasteiger partial charge in [-0.3, -0.25) is 9.88 Å². The van der Waals surface area contributed by atoms with E-state index in [4.69, 9.17) is 9.97 Å². The van der Waals surface area contributed by atoms with E-state index in [9.17, 15) is 0 Å².